The highest BCUT2D eigenvalue weighted by molar-refractivity contribution is 6.31. The van der Waals surface area contributed by atoms with Crippen LogP contribution in [0.5, 0.6) is 0 Å². The van der Waals surface area contributed by atoms with Crippen LogP contribution in [0.4, 0.5) is 25.4 Å². The normalized spacial score (nSPS) is 28.2. The van der Waals surface area contributed by atoms with E-state index in [1.165, 1.54) is 48.2 Å². The lowest BCUT2D eigenvalue weighted by molar-refractivity contribution is -0.170. The van der Waals surface area contributed by atoms with Gasteiger partial charge in [0.25, 0.3) is 17.5 Å². The molecule has 4 aliphatic heterocycles. The number of ether oxygens (including phenoxy) is 3. The number of rotatable bonds is 0. The van der Waals surface area contributed by atoms with E-state index < -0.39 is 59.0 Å². The van der Waals surface area contributed by atoms with Gasteiger partial charge in [-0.3, -0.25) is 9.59 Å². The van der Waals surface area contributed by atoms with E-state index >= 15 is 0 Å². The van der Waals surface area contributed by atoms with Gasteiger partial charge in [0, 0.05) is 36.7 Å². The van der Waals surface area contributed by atoms with Crippen molar-refractivity contribution in [1.82, 2.24) is 10.2 Å². The summed E-state index contributed by atoms with van der Waals surface area (Å²) in [6.07, 6.45) is -2.41. The number of fused-ring (bicyclic) bond motifs is 4. The summed E-state index contributed by atoms with van der Waals surface area (Å²) in [5.41, 5.74) is -5.66. The van der Waals surface area contributed by atoms with Crippen LogP contribution in [-0.4, -0.2) is 66.4 Å². The number of alkyl carbamates (subject to hydrolysis) is 1. The molecule has 41 heavy (non-hydrogen) atoms. The van der Waals surface area contributed by atoms with E-state index in [9.17, 15) is 23.6 Å². The molecule has 2 aromatic carbocycles. The molecule has 218 valence electrons. The Morgan fingerprint density at radius 3 is 2.39 bits per heavy atom. The van der Waals surface area contributed by atoms with E-state index in [1.807, 2.05) is 0 Å². The maximum atomic E-state index is 14.2. The average molecular weight is 591 g/mol. The maximum absolute atomic E-state index is 14.2. The predicted octanol–water partition coefficient (Wildman–Crippen LogP) is 2.75. The van der Waals surface area contributed by atoms with Gasteiger partial charge < -0.3 is 34.8 Å². The number of likely N-dealkylation sites (N-methyl/N-ethyl adjacent to an activating group) is 2. The fourth-order valence-electron chi connectivity index (χ4n) is 6.13. The van der Waals surface area contributed by atoms with Crippen molar-refractivity contribution in [3.05, 3.63) is 58.4 Å². The first-order chi connectivity index (χ1) is 18.6. The first-order valence-corrected chi connectivity index (χ1v) is 12.9. The van der Waals surface area contributed by atoms with Gasteiger partial charge in [0.1, 0.15) is 18.0 Å². The van der Waals surface area contributed by atoms with Crippen LogP contribution in [0.2, 0.25) is 5.02 Å². The highest BCUT2D eigenvalue weighted by atomic mass is 35.5. The average Bonchev–Trinajstić information content (AvgIpc) is 3.35. The van der Waals surface area contributed by atoms with Crippen LogP contribution in [0.15, 0.2) is 36.4 Å². The number of nitrogens with one attached hydrogen (secondary N) is 1. The van der Waals surface area contributed by atoms with Crippen LogP contribution in [0.25, 0.3) is 0 Å². The van der Waals surface area contributed by atoms with Crippen LogP contribution in [0.1, 0.15) is 38.3 Å². The van der Waals surface area contributed by atoms with Gasteiger partial charge in [-0.05, 0) is 51.1 Å². The lowest BCUT2D eigenvalue weighted by atomic mass is 9.81. The monoisotopic (exact) mass is 590 g/mol. The number of halogens is 2. The topological polar surface area (TPSA) is 149 Å². The van der Waals surface area contributed by atoms with E-state index in [0.29, 0.717) is 11.3 Å². The summed E-state index contributed by atoms with van der Waals surface area (Å²) in [5.74, 6) is -1.80. The van der Waals surface area contributed by atoms with Crippen molar-refractivity contribution < 1.29 is 43.3 Å². The molecule has 14 heteroatoms. The number of nitrogens with zero attached hydrogens (tertiary/aromatic N) is 3. The Bertz CT molecular complexity index is 1530. The van der Waals surface area contributed by atoms with E-state index in [1.54, 1.807) is 32.9 Å². The maximum Gasteiger partial charge on any atom is 0.416 e. The molecule has 3 N–H and O–H groups in total. The second-order valence-electron chi connectivity index (χ2n) is 11.3. The van der Waals surface area contributed by atoms with Crippen LogP contribution in [0, 0.1) is 5.82 Å². The van der Waals surface area contributed by atoms with Crippen molar-refractivity contribution in [3.63, 3.8) is 0 Å². The highest BCUT2D eigenvalue weighted by Gasteiger charge is 2.74. The summed E-state index contributed by atoms with van der Waals surface area (Å²) >= 11 is 6.32. The number of benzene rings is 2. The standard InChI is InChI=1S/C27H26ClFN4O7.H2O/c1-24(2,3)40-23(37)33-25(13-38-27(33)17-10-14(28)6-9-18(17)31(4)21(27)35)12-26(30-22(36)39-25)16-8-7-15(29)11-19(16)32(5)20(26)34;/h6-11H,12-13H2,1-5H3,(H,30,36);1H2/t25-,26-,27+;/m1./s1. The van der Waals surface area contributed by atoms with Gasteiger partial charge in [-0.25, -0.2) is 18.9 Å². The summed E-state index contributed by atoms with van der Waals surface area (Å²) in [5, 5.41) is 2.88. The first kappa shape index (κ1) is 28.6. The van der Waals surface area contributed by atoms with E-state index in [0.717, 1.165) is 4.90 Å². The number of amides is 4. The largest absolute Gasteiger partial charge is 0.444 e. The second kappa shape index (κ2) is 8.78. The van der Waals surface area contributed by atoms with Crippen molar-refractivity contribution in [1.29, 1.82) is 0 Å². The molecule has 0 aromatic heterocycles. The molecule has 2 saturated heterocycles. The quantitative estimate of drug-likeness (QED) is 0.496. The van der Waals surface area contributed by atoms with Gasteiger partial charge in [-0.2, -0.15) is 0 Å². The fourth-order valence-corrected chi connectivity index (χ4v) is 6.31. The van der Waals surface area contributed by atoms with Crippen molar-refractivity contribution in [2.75, 3.05) is 30.5 Å². The molecule has 2 fully saturated rings. The Kier molecular flexibility index (Phi) is 6.12. The predicted molar refractivity (Wildman–Crippen MR) is 143 cm³/mol. The SMILES string of the molecule is CN1C(=O)[C@@]2(C[C@]3(CO[C@@]4(C(=O)N(C)c5ccc(Cl)cc54)N3C(=O)OC(C)(C)C)OC(=O)N2)c2ccc(F)cc21.O. The summed E-state index contributed by atoms with van der Waals surface area (Å²) in [6.45, 7) is 4.46. The van der Waals surface area contributed by atoms with E-state index in [-0.39, 0.29) is 28.2 Å². The van der Waals surface area contributed by atoms with Crippen LogP contribution in [0.3, 0.4) is 0 Å². The van der Waals surface area contributed by atoms with Gasteiger partial charge in [0.15, 0.2) is 5.54 Å². The Morgan fingerprint density at radius 1 is 1.02 bits per heavy atom. The lowest BCUT2D eigenvalue weighted by Gasteiger charge is -2.47. The first-order valence-electron chi connectivity index (χ1n) is 12.5. The number of hydrogen-bond donors (Lipinski definition) is 1. The Hall–Kier alpha value is -3.94. The molecular formula is C27H28ClFN4O8. The lowest BCUT2D eigenvalue weighted by Crippen LogP contribution is -2.70. The third-order valence-corrected chi connectivity index (χ3v) is 7.91. The fraction of sp³-hybridized carbons (Fsp3) is 0.407. The second-order valence-corrected chi connectivity index (χ2v) is 11.8. The van der Waals surface area contributed by atoms with Gasteiger partial charge in [-0.15, -0.1) is 0 Å². The van der Waals surface area contributed by atoms with Crippen LogP contribution >= 0.6 is 11.6 Å². The zero-order chi connectivity index (χ0) is 29.0. The minimum absolute atomic E-state index is 0. The zero-order valence-corrected chi connectivity index (χ0v) is 23.6. The van der Waals surface area contributed by atoms with E-state index in [4.69, 9.17) is 25.8 Å². The zero-order valence-electron chi connectivity index (χ0n) is 22.8. The van der Waals surface area contributed by atoms with Crippen molar-refractivity contribution >= 4 is 47.0 Å². The summed E-state index contributed by atoms with van der Waals surface area (Å²) in [6, 6.07) is 8.46. The molecule has 4 amide bonds. The van der Waals surface area contributed by atoms with Crippen LogP contribution in [-0.2, 0) is 35.1 Å². The number of carbonyl (C=O) groups excluding carboxylic acids is 4. The molecule has 3 spiro atoms. The number of carbonyl (C=O) groups is 4. The molecular weight excluding hydrogens is 563 g/mol. The molecule has 4 heterocycles. The minimum atomic E-state index is -2.12. The molecule has 0 saturated carbocycles. The highest BCUT2D eigenvalue weighted by Crippen LogP contribution is 2.57. The molecule has 3 atom stereocenters. The number of hydrogen-bond acceptors (Lipinski definition) is 7. The molecule has 0 unspecified atom stereocenters. The molecule has 4 aliphatic rings. The molecule has 2 aromatic rings. The Labute approximate surface area is 239 Å². The van der Waals surface area contributed by atoms with Crippen LogP contribution < -0.4 is 15.1 Å². The molecule has 0 bridgehead atoms. The summed E-state index contributed by atoms with van der Waals surface area (Å²) < 4.78 is 31.9. The summed E-state index contributed by atoms with van der Waals surface area (Å²) in [7, 11) is 2.97. The van der Waals surface area contributed by atoms with Gasteiger partial charge in [0.05, 0.1) is 11.4 Å². The van der Waals surface area contributed by atoms with Gasteiger partial charge in [-0.1, -0.05) is 17.7 Å². The minimum Gasteiger partial charge on any atom is -0.444 e. The van der Waals surface area contributed by atoms with Crippen molar-refractivity contribution in [2.45, 2.75) is 49.8 Å². The smallest absolute Gasteiger partial charge is 0.416 e. The van der Waals surface area contributed by atoms with Gasteiger partial charge >= 0.3 is 12.2 Å². The van der Waals surface area contributed by atoms with E-state index in [2.05, 4.69) is 5.32 Å². The molecule has 0 aliphatic carbocycles. The summed E-state index contributed by atoms with van der Waals surface area (Å²) in [4.78, 5) is 58.6. The molecule has 6 rings (SSSR count). The third-order valence-electron chi connectivity index (χ3n) is 7.67. The molecule has 0 radical (unpaired) electrons. The Balaban J connectivity index is 0.00000337. The van der Waals surface area contributed by atoms with Crippen molar-refractivity contribution in [3.8, 4) is 0 Å². The van der Waals surface area contributed by atoms with Crippen molar-refractivity contribution in [2.24, 2.45) is 0 Å². The Morgan fingerprint density at radius 2 is 1.71 bits per heavy atom. The van der Waals surface area contributed by atoms with Gasteiger partial charge in [0.2, 0.25) is 5.72 Å². The number of anilines is 2. The molecule has 12 nitrogen and oxygen atoms in total. The third kappa shape index (κ3) is 3.72.